The standard InChI is InChI=1S/C14H13NO3S/c1-10-4-2-3-5-14(10)19-12-6-7-13(15(17)18)11(8-12)9-16/h2-8,16H,9H2,1H3. The summed E-state index contributed by atoms with van der Waals surface area (Å²) in [6, 6.07) is 12.7. The van der Waals surface area contributed by atoms with Gasteiger partial charge in [-0.2, -0.15) is 0 Å². The maximum absolute atomic E-state index is 10.8. The highest BCUT2D eigenvalue weighted by molar-refractivity contribution is 7.99. The maximum Gasteiger partial charge on any atom is 0.274 e. The van der Waals surface area contributed by atoms with Gasteiger partial charge in [0.2, 0.25) is 0 Å². The van der Waals surface area contributed by atoms with E-state index in [-0.39, 0.29) is 12.3 Å². The summed E-state index contributed by atoms with van der Waals surface area (Å²) in [6.07, 6.45) is 0. The van der Waals surface area contributed by atoms with Crippen LogP contribution in [0.3, 0.4) is 0 Å². The van der Waals surface area contributed by atoms with Crippen LogP contribution in [0.5, 0.6) is 0 Å². The first-order valence-corrected chi connectivity index (χ1v) is 6.55. The molecule has 2 aromatic rings. The van der Waals surface area contributed by atoms with Crippen LogP contribution in [-0.2, 0) is 6.61 Å². The second kappa shape index (κ2) is 5.86. The van der Waals surface area contributed by atoms with E-state index in [1.807, 2.05) is 31.2 Å². The molecule has 98 valence electrons. The summed E-state index contributed by atoms with van der Waals surface area (Å²) < 4.78 is 0. The first kappa shape index (κ1) is 13.6. The fourth-order valence-electron chi connectivity index (χ4n) is 1.73. The summed E-state index contributed by atoms with van der Waals surface area (Å²) in [5, 5.41) is 20.0. The Labute approximate surface area is 115 Å². The first-order valence-electron chi connectivity index (χ1n) is 5.73. The SMILES string of the molecule is Cc1ccccc1Sc1ccc([N+](=O)[O-])c(CO)c1. The predicted molar refractivity (Wildman–Crippen MR) is 74.3 cm³/mol. The van der Waals surface area contributed by atoms with Crippen LogP contribution >= 0.6 is 11.8 Å². The van der Waals surface area contributed by atoms with E-state index in [4.69, 9.17) is 0 Å². The molecule has 0 fully saturated rings. The molecule has 0 atom stereocenters. The highest BCUT2D eigenvalue weighted by Crippen LogP contribution is 2.32. The van der Waals surface area contributed by atoms with Crippen LogP contribution in [0.4, 0.5) is 5.69 Å². The number of nitrogens with zero attached hydrogens (tertiary/aromatic N) is 1. The van der Waals surface area contributed by atoms with Gasteiger partial charge in [0.1, 0.15) is 0 Å². The number of aliphatic hydroxyl groups is 1. The Morgan fingerprint density at radius 3 is 2.63 bits per heavy atom. The molecule has 0 saturated heterocycles. The van der Waals surface area contributed by atoms with Crippen molar-refractivity contribution in [3.05, 3.63) is 63.7 Å². The number of nitro groups is 1. The molecular formula is C14H13NO3S. The van der Waals surface area contributed by atoms with Gasteiger partial charge in [-0.05, 0) is 30.7 Å². The fraction of sp³-hybridized carbons (Fsp3) is 0.143. The van der Waals surface area contributed by atoms with Crippen LogP contribution in [0.25, 0.3) is 0 Å². The van der Waals surface area contributed by atoms with Gasteiger partial charge in [0.05, 0.1) is 17.1 Å². The molecule has 1 N–H and O–H groups in total. The molecule has 0 bridgehead atoms. The van der Waals surface area contributed by atoms with Crippen LogP contribution in [0.15, 0.2) is 52.3 Å². The minimum atomic E-state index is -0.478. The summed E-state index contributed by atoms with van der Waals surface area (Å²) in [7, 11) is 0. The Kier molecular flexibility index (Phi) is 4.19. The molecule has 0 heterocycles. The lowest BCUT2D eigenvalue weighted by atomic mass is 10.2. The van der Waals surface area contributed by atoms with E-state index in [2.05, 4.69) is 0 Å². The minimum absolute atomic E-state index is 0.0448. The van der Waals surface area contributed by atoms with Crippen LogP contribution in [0, 0.1) is 17.0 Å². The Bertz CT molecular complexity index is 613. The van der Waals surface area contributed by atoms with Gasteiger partial charge >= 0.3 is 0 Å². The lowest BCUT2D eigenvalue weighted by molar-refractivity contribution is -0.385. The van der Waals surface area contributed by atoms with Crippen molar-refractivity contribution in [2.24, 2.45) is 0 Å². The fourth-order valence-corrected chi connectivity index (χ4v) is 2.69. The zero-order chi connectivity index (χ0) is 13.8. The van der Waals surface area contributed by atoms with Gasteiger partial charge in [0, 0.05) is 15.9 Å². The van der Waals surface area contributed by atoms with E-state index >= 15 is 0 Å². The monoisotopic (exact) mass is 275 g/mol. The molecule has 19 heavy (non-hydrogen) atoms. The molecule has 0 radical (unpaired) electrons. The molecule has 0 aliphatic carbocycles. The number of hydrogen-bond acceptors (Lipinski definition) is 4. The van der Waals surface area contributed by atoms with Crippen molar-refractivity contribution in [1.82, 2.24) is 0 Å². The number of hydrogen-bond donors (Lipinski definition) is 1. The third-order valence-corrected chi connectivity index (χ3v) is 3.91. The quantitative estimate of drug-likeness (QED) is 0.684. The van der Waals surface area contributed by atoms with E-state index in [1.54, 1.807) is 12.1 Å². The van der Waals surface area contributed by atoms with Crippen molar-refractivity contribution in [3.8, 4) is 0 Å². The normalized spacial score (nSPS) is 10.4. The van der Waals surface area contributed by atoms with E-state index < -0.39 is 4.92 Å². The van der Waals surface area contributed by atoms with Gasteiger partial charge in [-0.3, -0.25) is 10.1 Å². The summed E-state index contributed by atoms with van der Waals surface area (Å²) in [4.78, 5) is 12.3. The molecule has 0 saturated carbocycles. The Morgan fingerprint density at radius 1 is 1.26 bits per heavy atom. The van der Waals surface area contributed by atoms with Crippen LogP contribution < -0.4 is 0 Å². The Hall–Kier alpha value is -1.85. The second-order valence-electron chi connectivity index (χ2n) is 4.07. The zero-order valence-electron chi connectivity index (χ0n) is 10.4. The van der Waals surface area contributed by atoms with Gasteiger partial charge < -0.3 is 5.11 Å². The van der Waals surface area contributed by atoms with Crippen LogP contribution in [0.2, 0.25) is 0 Å². The smallest absolute Gasteiger partial charge is 0.274 e. The summed E-state index contributed by atoms with van der Waals surface area (Å²) in [5.74, 6) is 0. The van der Waals surface area contributed by atoms with Crippen molar-refractivity contribution in [2.75, 3.05) is 0 Å². The van der Waals surface area contributed by atoms with Crippen LogP contribution in [-0.4, -0.2) is 10.0 Å². The van der Waals surface area contributed by atoms with Crippen molar-refractivity contribution in [2.45, 2.75) is 23.3 Å². The maximum atomic E-state index is 10.8. The molecule has 0 aliphatic heterocycles. The molecule has 0 spiro atoms. The molecule has 2 rings (SSSR count). The van der Waals surface area contributed by atoms with E-state index in [1.165, 1.54) is 17.8 Å². The Balaban J connectivity index is 2.32. The predicted octanol–water partition coefficient (Wildman–Crippen LogP) is 3.55. The second-order valence-corrected chi connectivity index (χ2v) is 5.19. The zero-order valence-corrected chi connectivity index (χ0v) is 11.2. The highest BCUT2D eigenvalue weighted by Gasteiger charge is 2.13. The van der Waals surface area contributed by atoms with Gasteiger partial charge in [0.25, 0.3) is 5.69 Å². The van der Waals surface area contributed by atoms with Gasteiger partial charge in [-0.15, -0.1) is 0 Å². The minimum Gasteiger partial charge on any atom is -0.391 e. The molecule has 0 aromatic heterocycles. The highest BCUT2D eigenvalue weighted by atomic mass is 32.2. The molecule has 2 aromatic carbocycles. The third-order valence-electron chi connectivity index (χ3n) is 2.74. The first-order chi connectivity index (χ1) is 9.11. The van der Waals surface area contributed by atoms with Crippen molar-refractivity contribution in [1.29, 1.82) is 0 Å². The molecule has 0 amide bonds. The number of aryl methyl sites for hydroxylation is 1. The number of nitro benzene ring substituents is 1. The van der Waals surface area contributed by atoms with Crippen molar-refractivity contribution >= 4 is 17.4 Å². The lowest BCUT2D eigenvalue weighted by Crippen LogP contribution is -1.95. The van der Waals surface area contributed by atoms with E-state index in [0.29, 0.717) is 5.56 Å². The molecule has 4 nitrogen and oxygen atoms in total. The van der Waals surface area contributed by atoms with E-state index in [0.717, 1.165) is 15.4 Å². The molecule has 5 heteroatoms. The lowest BCUT2D eigenvalue weighted by Gasteiger charge is -2.06. The molecule has 0 unspecified atom stereocenters. The summed E-state index contributed by atoms with van der Waals surface area (Å²) in [6.45, 7) is 1.68. The summed E-state index contributed by atoms with van der Waals surface area (Å²) in [5.41, 5.74) is 1.44. The largest absolute Gasteiger partial charge is 0.391 e. The number of aliphatic hydroxyl groups excluding tert-OH is 1. The van der Waals surface area contributed by atoms with Gasteiger partial charge in [-0.1, -0.05) is 30.0 Å². The summed E-state index contributed by atoms with van der Waals surface area (Å²) >= 11 is 1.53. The average molecular weight is 275 g/mol. The van der Waals surface area contributed by atoms with Crippen molar-refractivity contribution in [3.63, 3.8) is 0 Å². The van der Waals surface area contributed by atoms with Crippen LogP contribution in [0.1, 0.15) is 11.1 Å². The number of benzene rings is 2. The van der Waals surface area contributed by atoms with Gasteiger partial charge in [0.15, 0.2) is 0 Å². The van der Waals surface area contributed by atoms with E-state index in [9.17, 15) is 15.2 Å². The average Bonchev–Trinajstić information content (AvgIpc) is 2.41. The topological polar surface area (TPSA) is 63.4 Å². The number of rotatable bonds is 4. The van der Waals surface area contributed by atoms with Gasteiger partial charge in [-0.25, -0.2) is 0 Å². The molecule has 0 aliphatic rings. The Morgan fingerprint density at radius 2 is 2.00 bits per heavy atom. The third kappa shape index (κ3) is 3.13. The van der Waals surface area contributed by atoms with Crippen molar-refractivity contribution < 1.29 is 10.0 Å². The molecular weight excluding hydrogens is 262 g/mol.